The Morgan fingerprint density at radius 3 is 2.59 bits per heavy atom. The molecule has 1 aromatic carbocycles. The molecule has 29 heavy (non-hydrogen) atoms. The van der Waals surface area contributed by atoms with Gasteiger partial charge in [0.15, 0.2) is 6.61 Å². The summed E-state index contributed by atoms with van der Waals surface area (Å²) < 4.78 is 5.85. The van der Waals surface area contributed by atoms with E-state index in [0.717, 1.165) is 35.9 Å². The first-order valence-corrected chi connectivity index (χ1v) is 10.9. The van der Waals surface area contributed by atoms with Crippen LogP contribution in [0.1, 0.15) is 24.8 Å². The van der Waals surface area contributed by atoms with Crippen molar-refractivity contribution in [3.63, 3.8) is 0 Å². The molecule has 10 heteroatoms. The summed E-state index contributed by atoms with van der Waals surface area (Å²) in [5.74, 6) is -1.34. The quantitative estimate of drug-likeness (QED) is 0.446. The van der Waals surface area contributed by atoms with Gasteiger partial charge in [0.05, 0.1) is 8.48 Å². The van der Waals surface area contributed by atoms with Crippen molar-refractivity contribution in [1.29, 1.82) is 0 Å². The van der Waals surface area contributed by atoms with E-state index < -0.39 is 23.7 Å². The maximum Gasteiger partial charge on any atom is 0.341 e. The van der Waals surface area contributed by atoms with Crippen molar-refractivity contribution < 1.29 is 29.0 Å². The lowest BCUT2D eigenvalue weighted by Gasteiger charge is -2.27. The predicted octanol–water partition coefficient (Wildman–Crippen LogP) is 2.80. The fourth-order valence-corrected chi connectivity index (χ4v) is 4.56. The summed E-state index contributed by atoms with van der Waals surface area (Å²) in [5.41, 5.74) is 0.671. The first-order valence-electron chi connectivity index (χ1n) is 9.02. The minimum atomic E-state index is -1.07. The van der Waals surface area contributed by atoms with Crippen molar-refractivity contribution >= 4 is 63.5 Å². The van der Waals surface area contributed by atoms with Crippen LogP contribution in [-0.4, -0.2) is 64.2 Å². The summed E-state index contributed by atoms with van der Waals surface area (Å²) in [6.45, 7) is 0.653. The molecule has 0 radical (unpaired) electrons. The topological polar surface area (TPSA) is 104 Å². The molecule has 2 aliphatic heterocycles. The Hall–Kier alpha value is -2.08. The molecular formula is C19H19IN2O6S. The number of carbonyl (C=O) groups excluding carboxylic acids is 3. The first-order chi connectivity index (χ1) is 13.8. The summed E-state index contributed by atoms with van der Waals surface area (Å²) in [6.07, 6.45) is 4.56. The van der Waals surface area contributed by atoms with Crippen LogP contribution in [0, 0.1) is 3.57 Å². The summed E-state index contributed by atoms with van der Waals surface area (Å²) in [5, 5.41) is 8.24. The SMILES string of the molecule is O=C(O)COc1ccc(/C=C2\SC(=O)N(CC(=O)N3CCCCC3)C2=O)cc1I. The predicted molar refractivity (Wildman–Crippen MR) is 115 cm³/mol. The van der Waals surface area contributed by atoms with E-state index in [0.29, 0.717) is 28.0 Å². The van der Waals surface area contributed by atoms with Crippen LogP contribution in [0.25, 0.3) is 6.08 Å². The van der Waals surface area contributed by atoms with Gasteiger partial charge in [0.1, 0.15) is 12.3 Å². The number of imide groups is 1. The lowest BCUT2D eigenvalue weighted by atomic mass is 10.1. The molecule has 0 unspecified atom stereocenters. The fraction of sp³-hybridized carbons (Fsp3) is 0.368. The van der Waals surface area contributed by atoms with Crippen molar-refractivity contribution in [2.45, 2.75) is 19.3 Å². The number of hydrogen-bond acceptors (Lipinski definition) is 6. The van der Waals surface area contributed by atoms with E-state index in [1.807, 2.05) is 22.6 Å². The van der Waals surface area contributed by atoms with Crippen molar-refractivity contribution in [1.82, 2.24) is 9.80 Å². The number of ether oxygens (including phenoxy) is 1. The maximum atomic E-state index is 12.6. The van der Waals surface area contributed by atoms with Crippen LogP contribution in [0.15, 0.2) is 23.1 Å². The Labute approximate surface area is 185 Å². The molecule has 0 bridgehead atoms. The number of aliphatic carboxylic acids is 1. The molecule has 3 amide bonds. The minimum Gasteiger partial charge on any atom is -0.481 e. The van der Waals surface area contributed by atoms with Crippen molar-refractivity contribution in [3.8, 4) is 5.75 Å². The van der Waals surface area contributed by atoms with Gasteiger partial charge in [-0.2, -0.15) is 0 Å². The van der Waals surface area contributed by atoms with E-state index in [2.05, 4.69) is 0 Å². The monoisotopic (exact) mass is 530 g/mol. The van der Waals surface area contributed by atoms with Crippen molar-refractivity contribution in [3.05, 3.63) is 32.2 Å². The van der Waals surface area contributed by atoms with E-state index in [-0.39, 0.29) is 17.4 Å². The lowest BCUT2D eigenvalue weighted by molar-refractivity contribution is -0.139. The molecule has 0 aromatic heterocycles. The highest BCUT2D eigenvalue weighted by Gasteiger charge is 2.37. The van der Waals surface area contributed by atoms with Gasteiger partial charge in [0.25, 0.3) is 11.1 Å². The molecule has 8 nitrogen and oxygen atoms in total. The van der Waals surface area contributed by atoms with E-state index >= 15 is 0 Å². The number of rotatable bonds is 6. The Morgan fingerprint density at radius 1 is 1.21 bits per heavy atom. The van der Waals surface area contributed by atoms with Gasteiger partial charge >= 0.3 is 5.97 Å². The number of hydrogen-bond donors (Lipinski definition) is 1. The van der Waals surface area contributed by atoms with Crippen LogP contribution in [-0.2, 0) is 14.4 Å². The Morgan fingerprint density at radius 2 is 1.93 bits per heavy atom. The highest BCUT2D eigenvalue weighted by molar-refractivity contribution is 14.1. The zero-order chi connectivity index (χ0) is 21.0. The Kier molecular flexibility index (Phi) is 7.17. The standard InChI is InChI=1S/C19H19IN2O6S/c20-13-8-12(4-5-14(13)28-11-17(24)25)9-15-18(26)22(19(27)29-15)10-16(23)21-6-2-1-3-7-21/h4-5,8-9H,1-3,6-7,10-11H2,(H,24,25)/b15-9-. The number of carboxylic acids is 1. The normalized spacial score (nSPS) is 18.4. The van der Waals surface area contributed by atoms with Crippen molar-refractivity contribution in [2.75, 3.05) is 26.2 Å². The number of carbonyl (C=O) groups is 4. The highest BCUT2D eigenvalue weighted by atomic mass is 127. The number of piperidine rings is 1. The van der Waals surface area contributed by atoms with E-state index in [4.69, 9.17) is 9.84 Å². The number of nitrogens with zero attached hydrogens (tertiary/aromatic N) is 2. The molecule has 2 aliphatic rings. The third-order valence-corrected chi connectivity index (χ3v) is 6.23. The number of halogens is 1. The molecule has 0 atom stereocenters. The van der Waals surface area contributed by atoms with Gasteiger partial charge in [-0.05, 0) is 77.4 Å². The molecule has 0 aliphatic carbocycles. The van der Waals surface area contributed by atoms with Gasteiger partial charge in [-0.3, -0.25) is 19.3 Å². The van der Waals surface area contributed by atoms with E-state index in [9.17, 15) is 19.2 Å². The van der Waals surface area contributed by atoms with Gasteiger partial charge in [-0.15, -0.1) is 0 Å². The molecule has 2 fully saturated rings. The zero-order valence-electron chi connectivity index (χ0n) is 15.4. The molecule has 1 aromatic rings. The van der Waals surface area contributed by atoms with Gasteiger partial charge in [0, 0.05) is 13.1 Å². The zero-order valence-corrected chi connectivity index (χ0v) is 18.4. The van der Waals surface area contributed by atoms with Crippen molar-refractivity contribution in [2.24, 2.45) is 0 Å². The summed E-state index contributed by atoms with van der Waals surface area (Å²) >= 11 is 2.81. The van der Waals surface area contributed by atoms with E-state index in [1.165, 1.54) is 0 Å². The van der Waals surface area contributed by atoms with Gasteiger partial charge in [-0.25, -0.2) is 4.79 Å². The van der Waals surface area contributed by atoms with Gasteiger partial charge in [-0.1, -0.05) is 6.07 Å². The van der Waals surface area contributed by atoms with Crippen LogP contribution < -0.4 is 4.74 Å². The number of likely N-dealkylation sites (tertiary alicyclic amines) is 1. The molecule has 0 spiro atoms. The lowest BCUT2D eigenvalue weighted by Crippen LogP contribution is -2.44. The average molecular weight is 530 g/mol. The highest BCUT2D eigenvalue weighted by Crippen LogP contribution is 2.33. The second kappa shape index (κ2) is 9.61. The first kappa shape index (κ1) is 21.6. The molecule has 154 valence electrons. The molecule has 0 saturated carbocycles. The van der Waals surface area contributed by atoms with Gasteiger partial charge in [0.2, 0.25) is 5.91 Å². The molecule has 1 N–H and O–H groups in total. The number of carboxylic acid groups (broad SMARTS) is 1. The molecule has 2 saturated heterocycles. The molecular weight excluding hydrogens is 511 g/mol. The van der Waals surface area contributed by atoms with Crippen LogP contribution in [0.3, 0.4) is 0 Å². The van der Waals surface area contributed by atoms with Crippen LogP contribution in [0.5, 0.6) is 5.75 Å². The third-order valence-electron chi connectivity index (χ3n) is 4.48. The Bertz CT molecular complexity index is 881. The van der Waals surface area contributed by atoms with Crippen LogP contribution >= 0.6 is 34.4 Å². The Balaban J connectivity index is 1.68. The molecule has 2 heterocycles. The number of benzene rings is 1. The second-order valence-corrected chi connectivity index (χ2v) is 8.74. The summed E-state index contributed by atoms with van der Waals surface area (Å²) in [7, 11) is 0. The average Bonchev–Trinajstić information content (AvgIpc) is 2.95. The third kappa shape index (κ3) is 5.50. The van der Waals surface area contributed by atoms with Crippen LogP contribution in [0.2, 0.25) is 0 Å². The summed E-state index contributed by atoms with van der Waals surface area (Å²) in [4.78, 5) is 50.8. The number of thioether (sulfide) groups is 1. The number of amides is 3. The summed E-state index contributed by atoms with van der Waals surface area (Å²) in [6, 6.07) is 5.01. The smallest absolute Gasteiger partial charge is 0.341 e. The molecule has 3 rings (SSSR count). The second-order valence-electron chi connectivity index (χ2n) is 6.58. The minimum absolute atomic E-state index is 0.206. The van der Waals surface area contributed by atoms with Crippen LogP contribution in [0.4, 0.5) is 4.79 Å². The fourth-order valence-electron chi connectivity index (χ4n) is 3.03. The van der Waals surface area contributed by atoms with E-state index in [1.54, 1.807) is 29.2 Å². The largest absolute Gasteiger partial charge is 0.481 e. The van der Waals surface area contributed by atoms with Gasteiger partial charge < -0.3 is 14.7 Å². The maximum absolute atomic E-state index is 12.6.